The lowest BCUT2D eigenvalue weighted by Gasteiger charge is -2.06. The van der Waals surface area contributed by atoms with Gasteiger partial charge in [0.05, 0.1) is 10.1 Å². The maximum absolute atomic E-state index is 12.0. The molecule has 0 aliphatic carbocycles. The van der Waals surface area contributed by atoms with E-state index >= 15 is 0 Å². The summed E-state index contributed by atoms with van der Waals surface area (Å²) in [5.74, 6) is -0.0934. The maximum atomic E-state index is 12.0. The molecule has 5 nitrogen and oxygen atoms in total. The first-order chi connectivity index (χ1) is 12.1. The van der Waals surface area contributed by atoms with E-state index in [1.807, 2.05) is 48.5 Å². The van der Waals surface area contributed by atoms with Gasteiger partial charge in [0.1, 0.15) is 12.4 Å². The van der Waals surface area contributed by atoms with E-state index in [1.54, 1.807) is 6.20 Å². The maximum Gasteiger partial charge on any atom is 0.265 e. The van der Waals surface area contributed by atoms with E-state index in [2.05, 4.69) is 26.2 Å². The molecule has 0 fully saturated rings. The van der Waals surface area contributed by atoms with E-state index in [0.717, 1.165) is 22.2 Å². The number of carbonyl (C=O) groups excluding carboxylic acids is 2. The number of amides is 2. The lowest BCUT2D eigenvalue weighted by atomic mass is 10.1. The van der Waals surface area contributed by atoms with Crippen LogP contribution < -0.4 is 10.1 Å². The van der Waals surface area contributed by atoms with Crippen molar-refractivity contribution in [3.63, 3.8) is 0 Å². The molecule has 25 heavy (non-hydrogen) atoms. The zero-order chi connectivity index (χ0) is 17.4. The first-order valence-electron chi connectivity index (χ1n) is 7.67. The average Bonchev–Trinajstić information content (AvgIpc) is 3.14. The minimum Gasteiger partial charge on any atom is -0.489 e. The van der Waals surface area contributed by atoms with E-state index < -0.39 is 11.8 Å². The summed E-state index contributed by atoms with van der Waals surface area (Å²) in [6, 6.07) is 15.5. The van der Waals surface area contributed by atoms with Crippen LogP contribution in [0.3, 0.4) is 0 Å². The van der Waals surface area contributed by atoms with Gasteiger partial charge in [-0.3, -0.25) is 14.9 Å². The topological polar surface area (TPSA) is 71.2 Å². The Bertz CT molecular complexity index is 1020. The Balaban J connectivity index is 1.64. The highest BCUT2D eigenvalue weighted by molar-refractivity contribution is 9.12. The first kappa shape index (κ1) is 15.7. The molecule has 0 radical (unpaired) electrons. The summed E-state index contributed by atoms with van der Waals surface area (Å²) in [5, 5.41) is 3.13. The van der Waals surface area contributed by atoms with Crippen LogP contribution in [0.25, 0.3) is 16.5 Å². The number of hydrogen-bond acceptors (Lipinski definition) is 3. The normalized spacial score (nSPS) is 14.3. The molecule has 3 aromatic rings. The molecule has 2 heterocycles. The molecular weight excluding hydrogens is 384 g/mol. The first-order valence-corrected chi connectivity index (χ1v) is 8.46. The molecule has 2 amide bonds. The van der Waals surface area contributed by atoms with Crippen molar-refractivity contribution in [1.29, 1.82) is 0 Å². The fourth-order valence-corrected chi connectivity index (χ4v) is 3.31. The second-order valence-electron chi connectivity index (χ2n) is 5.66. The molecule has 0 spiro atoms. The Labute approximate surface area is 151 Å². The van der Waals surface area contributed by atoms with Crippen LogP contribution in [-0.2, 0) is 16.2 Å². The molecule has 1 aliphatic rings. The zero-order valence-corrected chi connectivity index (χ0v) is 14.6. The van der Waals surface area contributed by atoms with Crippen molar-refractivity contribution in [3.05, 3.63) is 70.3 Å². The van der Waals surface area contributed by atoms with Crippen LogP contribution in [-0.4, -0.2) is 16.8 Å². The predicted molar refractivity (Wildman–Crippen MR) is 98.1 cm³/mol. The second kappa shape index (κ2) is 6.22. The number of ether oxygens (including phenoxy) is 1. The third-order valence-electron chi connectivity index (χ3n) is 4.04. The molecule has 0 unspecified atom stereocenters. The Hall–Kier alpha value is -2.86. The third kappa shape index (κ3) is 2.85. The fourth-order valence-electron chi connectivity index (χ4n) is 2.82. The lowest BCUT2D eigenvalue weighted by molar-refractivity contribution is -0.123. The number of aromatic nitrogens is 1. The predicted octanol–water partition coefficient (Wildman–Crippen LogP) is 3.51. The summed E-state index contributed by atoms with van der Waals surface area (Å²) >= 11 is 3.19. The largest absolute Gasteiger partial charge is 0.489 e. The van der Waals surface area contributed by atoms with Gasteiger partial charge in [0, 0.05) is 28.7 Å². The molecule has 1 aromatic heterocycles. The number of hydrogen-bond donors (Lipinski definition) is 2. The number of aromatic amines is 1. The van der Waals surface area contributed by atoms with Gasteiger partial charge in [-0.25, -0.2) is 0 Å². The van der Waals surface area contributed by atoms with Crippen molar-refractivity contribution < 1.29 is 14.3 Å². The van der Waals surface area contributed by atoms with Crippen molar-refractivity contribution in [1.82, 2.24) is 10.3 Å². The van der Waals surface area contributed by atoms with Crippen molar-refractivity contribution in [2.45, 2.75) is 6.61 Å². The summed E-state index contributed by atoms with van der Waals surface area (Å²) in [7, 11) is 0. The Morgan fingerprint density at radius 1 is 1.00 bits per heavy atom. The number of imide groups is 1. The van der Waals surface area contributed by atoms with Gasteiger partial charge in [0.15, 0.2) is 0 Å². The summed E-state index contributed by atoms with van der Waals surface area (Å²) in [4.78, 5) is 26.8. The molecule has 2 aromatic carbocycles. The molecule has 0 bridgehead atoms. The van der Waals surface area contributed by atoms with Gasteiger partial charge < -0.3 is 9.72 Å². The van der Waals surface area contributed by atoms with Crippen LogP contribution in [0.5, 0.6) is 5.75 Å². The third-order valence-corrected chi connectivity index (χ3v) is 4.80. The molecule has 2 N–H and O–H groups in total. The van der Waals surface area contributed by atoms with Crippen LogP contribution in [0.4, 0.5) is 0 Å². The summed E-state index contributed by atoms with van der Waals surface area (Å²) in [6.45, 7) is 0.480. The molecule has 6 heteroatoms. The van der Waals surface area contributed by atoms with Crippen molar-refractivity contribution in [3.8, 4) is 5.75 Å². The summed E-state index contributed by atoms with van der Waals surface area (Å²) in [6.07, 6.45) is 1.72. The molecule has 0 saturated heterocycles. The van der Waals surface area contributed by atoms with Gasteiger partial charge in [0.25, 0.3) is 11.8 Å². The molecular formula is C19H13BrN2O3. The number of carbonyl (C=O) groups is 2. The Kier molecular flexibility index (Phi) is 3.89. The number of benzene rings is 2. The number of fused-ring (bicyclic) bond motifs is 1. The lowest BCUT2D eigenvalue weighted by Crippen LogP contribution is -2.22. The van der Waals surface area contributed by atoms with Crippen LogP contribution in [0, 0.1) is 0 Å². The molecule has 0 atom stereocenters. The zero-order valence-electron chi connectivity index (χ0n) is 13.0. The van der Waals surface area contributed by atoms with Crippen molar-refractivity contribution in [2.24, 2.45) is 0 Å². The van der Waals surface area contributed by atoms with Crippen LogP contribution in [0.15, 0.2) is 59.2 Å². The number of rotatable bonds is 4. The molecule has 1 aliphatic heterocycles. The minimum atomic E-state index is -0.419. The summed E-state index contributed by atoms with van der Waals surface area (Å²) in [5.41, 5.74) is 2.94. The number of nitrogens with one attached hydrogen (secondary N) is 2. The van der Waals surface area contributed by atoms with Gasteiger partial charge in [0.2, 0.25) is 0 Å². The standard InChI is InChI=1S/C19H13BrN2O3/c20-17-16(18(23)22-19(17)24)14-9-21-15-8-12(6-7-13(14)15)25-10-11-4-2-1-3-5-11/h1-9,21H,10H2,(H,22,23,24). The van der Waals surface area contributed by atoms with Crippen LogP contribution >= 0.6 is 15.9 Å². The molecule has 4 rings (SSSR count). The van der Waals surface area contributed by atoms with E-state index in [0.29, 0.717) is 17.7 Å². The van der Waals surface area contributed by atoms with Crippen molar-refractivity contribution in [2.75, 3.05) is 0 Å². The van der Waals surface area contributed by atoms with E-state index in [9.17, 15) is 9.59 Å². The van der Waals surface area contributed by atoms with Gasteiger partial charge >= 0.3 is 0 Å². The second-order valence-corrected chi connectivity index (χ2v) is 6.45. The highest BCUT2D eigenvalue weighted by atomic mass is 79.9. The Morgan fingerprint density at radius 3 is 2.52 bits per heavy atom. The van der Waals surface area contributed by atoms with E-state index in [-0.39, 0.29) is 4.48 Å². The summed E-state index contributed by atoms with van der Waals surface area (Å²) < 4.78 is 6.07. The fraction of sp³-hybridized carbons (Fsp3) is 0.0526. The van der Waals surface area contributed by atoms with E-state index in [4.69, 9.17) is 4.74 Å². The Morgan fingerprint density at radius 2 is 1.80 bits per heavy atom. The van der Waals surface area contributed by atoms with Gasteiger partial charge in [-0.05, 0) is 33.6 Å². The average molecular weight is 397 g/mol. The van der Waals surface area contributed by atoms with Crippen LogP contribution in [0.1, 0.15) is 11.1 Å². The number of halogens is 1. The molecule has 124 valence electrons. The van der Waals surface area contributed by atoms with Crippen LogP contribution in [0.2, 0.25) is 0 Å². The minimum absolute atomic E-state index is 0.253. The van der Waals surface area contributed by atoms with E-state index in [1.165, 1.54) is 0 Å². The van der Waals surface area contributed by atoms with Gasteiger partial charge in [-0.2, -0.15) is 0 Å². The highest BCUT2D eigenvalue weighted by Gasteiger charge is 2.30. The SMILES string of the molecule is O=C1NC(=O)C(c2c[nH]c3cc(OCc4ccccc4)ccc23)=C1Br. The van der Waals surface area contributed by atoms with Gasteiger partial charge in [-0.15, -0.1) is 0 Å². The van der Waals surface area contributed by atoms with Crippen molar-refractivity contribution >= 4 is 44.2 Å². The quantitative estimate of drug-likeness (QED) is 0.662. The highest BCUT2D eigenvalue weighted by Crippen LogP contribution is 2.33. The molecule has 0 saturated carbocycles. The smallest absolute Gasteiger partial charge is 0.265 e. The number of H-pyrrole nitrogens is 1. The van der Waals surface area contributed by atoms with Gasteiger partial charge in [-0.1, -0.05) is 30.3 Å². The monoisotopic (exact) mass is 396 g/mol.